The van der Waals surface area contributed by atoms with Gasteiger partial charge in [-0.3, -0.25) is 13.9 Å². The molecule has 232 valence electrons. The van der Waals surface area contributed by atoms with Crippen LogP contribution in [0.5, 0.6) is 0 Å². The van der Waals surface area contributed by atoms with Crippen LogP contribution in [-0.2, 0) is 32.2 Å². The summed E-state index contributed by atoms with van der Waals surface area (Å²) in [7, 11) is -4.52. The summed E-state index contributed by atoms with van der Waals surface area (Å²) in [6, 6.07) is 18.1. The van der Waals surface area contributed by atoms with Gasteiger partial charge in [-0.25, -0.2) is 8.42 Å². The molecular weight excluding hydrogens is 603 g/mol. The van der Waals surface area contributed by atoms with Gasteiger partial charge in [0.25, 0.3) is 10.0 Å². The number of carbonyl (C=O) groups excluding carboxylic acids is 2. The highest BCUT2D eigenvalue weighted by molar-refractivity contribution is 7.92. The number of carbonyl (C=O) groups is 2. The molecule has 0 aliphatic rings. The summed E-state index contributed by atoms with van der Waals surface area (Å²) in [6.45, 7) is 3.36. The molecular formula is C31H35ClF3N3O4S. The van der Waals surface area contributed by atoms with E-state index < -0.39 is 51.0 Å². The number of amides is 2. The SMILES string of the molecule is CCCCNC(=O)C(CC)N(CCc1ccccc1)C(=O)CN(c1ccc(Cl)c(C(F)(F)F)c1)S(=O)(=O)c1ccccc1. The van der Waals surface area contributed by atoms with E-state index in [0.29, 0.717) is 23.3 Å². The predicted octanol–water partition coefficient (Wildman–Crippen LogP) is 6.32. The number of sulfonamides is 1. The van der Waals surface area contributed by atoms with Gasteiger partial charge in [0.05, 0.1) is 21.2 Å². The first-order chi connectivity index (χ1) is 20.4. The molecule has 12 heteroatoms. The van der Waals surface area contributed by atoms with E-state index in [1.807, 2.05) is 37.3 Å². The van der Waals surface area contributed by atoms with E-state index in [2.05, 4.69) is 5.32 Å². The van der Waals surface area contributed by atoms with Gasteiger partial charge in [0.2, 0.25) is 11.8 Å². The first-order valence-corrected chi connectivity index (χ1v) is 15.8. The van der Waals surface area contributed by atoms with E-state index >= 15 is 0 Å². The molecule has 2 amide bonds. The molecule has 3 aromatic rings. The Morgan fingerprint density at radius 2 is 1.58 bits per heavy atom. The van der Waals surface area contributed by atoms with Gasteiger partial charge in [-0.15, -0.1) is 0 Å². The van der Waals surface area contributed by atoms with Crippen LogP contribution in [0, 0.1) is 0 Å². The molecule has 0 bridgehead atoms. The molecule has 0 saturated carbocycles. The van der Waals surface area contributed by atoms with Crippen LogP contribution in [0.15, 0.2) is 83.8 Å². The first kappa shape index (κ1) is 33.9. The fourth-order valence-electron chi connectivity index (χ4n) is 4.54. The number of hydrogen-bond acceptors (Lipinski definition) is 4. The number of unbranched alkanes of at least 4 members (excludes halogenated alkanes) is 1. The van der Waals surface area contributed by atoms with Crippen molar-refractivity contribution in [1.82, 2.24) is 10.2 Å². The standard InChI is InChI=1S/C31H35ClF3N3O4S/c1-3-5-19-36-30(40)28(4-2)37(20-18-23-12-8-6-9-13-23)29(39)22-38(43(41,42)25-14-10-7-11-15-25)24-16-17-27(32)26(21-24)31(33,34)35/h6-17,21,28H,3-5,18-20,22H2,1-2H3,(H,36,40). The lowest BCUT2D eigenvalue weighted by atomic mass is 10.1. The number of nitrogens with one attached hydrogen (secondary N) is 1. The fourth-order valence-corrected chi connectivity index (χ4v) is 6.19. The Balaban J connectivity index is 2.06. The normalized spacial score (nSPS) is 12.4. The van der Waals surface area contributed by atoms with Crippen LogP contribution < -0.4 is 9.62 Å². The van der Waals surface area contributed by atoms with Crippen molar-refractivity contribution in [2.24, 2.45) is 0 Å². The van der Waals surface area contributed by atoms with Crippen molar-refractivity contribution in [1.29, 1.82) is 0 Å². The summed E-state index contributed by atoms with van der Waals surface area (Å²) in [4.78, 5) is 28.3. The Kier molecular flexibility index (Phi) is 12.0. The quantitative estimate of drug-likeness (QED) is 0.210. The number of halogens is 4. The topological polar surface area (TPSA) is 86.8 Å². The zero-order valence-electron chi connectivity index (χ0n) is 24.0. The summed E-state index contributed by atoms with van der Waals surface area (Å²) in [5.74, 6) is -1.13. The number of rotatable bonds is 14. The molecule has 7 nitrogen and oxygen atoms in total. The van der Waals surface area contributed by atoms with Crippen LogP contribution in [0.2, 0.25) is 5.02 Å². The van der Waals surface area contributed by atoms with Gasteiger partial charge in [0.1, 0.15) is 12.6 Å². The van der Waals surface area contributed by atoms with Gasteiger partial charge in [-0.2, -0.15) is 13.2 Å². The van der Waals surface area contributed by atoms with Gasteiger partial charge in [0.15, 0.2) is 0 Å². The first-order valence-electron chi connectivity index (χ1n) is 14.0. The summed E-state index contributed by atoms with van der Waals surface area (Å²) >= 11 is 5.81. The summed E-state index contributed by atoms with van der Waals surface area (Å²) < 4.78 is 69.6. The van der Waals surface area contributed by atoms with Crippen LogP contribution in [0.3, 0.4) is 0 Å². The molecule has 0 fully saturated rings. The maximum atomic E-state index is 14.0. The second kappa shape index (κ2) is 15.2. The summed E-state index contributed by atoms with van der Waals surface area (Å²) in [6.07, 6.45) is -2.67. The summed E-state index contributed by atoms with van der Waals surface area (Å²) in [5.41, 5.74) is -0.741. The van der Waals surface area contributed by atoms with Crippen molar-refractivity contribution in [3.05, 3.63) is 95.0 Å². The van der Waals surface area contributed by atoms with Crippen LogP contribution in [0.4, 0.5) is 18.9 Å². The second-order valence-electron chi connectivity index (χ2n) is 9.88. The van der Waals surface area contributed by atoms with Gasteiger partial charge in [-0.05, 0) is 55.2 Å². The minimum Gasteiger partial charge on any atom is -0.354 e. The van der Waals surface area contributed by atoms with Crippen molar-refractivity contribution >= 4 is 39.1 Å². The molecule has 1 unspecified atom stereocenters. The lowest BCUT2D eigenvalue weighted by molar-refractivity contribution is -0.139. The van der Waals surface area contributed by atoms with Crippen LogP contribution >= 0.6 is 11.6 Å². The molecule has 43 heavy (non-hydrogen) atoms. The number of hydrogen-bond donors (Lipinski definition) is 1. The molecule has 1 atom stereocenters. The van der Waals surface area contributed by atoms with E-state index in [1.54, 1.807) is 13.0 Å². The van der Waals surface area contributed by atoms with Gasteiger partial charge < -0.3 is 10.2 Å². The zero-order chi connectivity index (χ0) is 31.6. The maximum Gasteiger partial charge on any atom is 0.417 e. The fraction of sp³-hybridized carbons (Fsp3) is 0.355. The maximum absolute atomic E-state index is 14.0. The molecule has 3 aromatic carbocycles. The molecule has 0 aromatic heterocycles. The number of anilines is 1. The van der Waals surface area contributed by atoms with E-state index in [4.69, 9.17) is 11.6 Å². The van der Waals surface area contributed by atoms with Gasteiger partial charge in [-0.1, -0.05) is 80.4 Å². The number of nitrogens with zero attached hydrogens (tertiary/aromatic N) is 2. The van der Waals surface area contributed by atoms with E-state index in [9.17, 15) is 31.2 Å². The number of alkyl halides is 3. The molecule has 0 aliphatic carbocycles. The Bertz CT molecular complexity index is 1470. The van der Waals surface area contributed by atoms with E-state index in [0.717, 1.165) is 30.5 Å². The third kappa shape index (κ3) is 8.96. The Morgan fingerprint density at radius 1 is 0.953 bits per heavy atom. The molecule has 0 saturated heterocycles. The lowest BCUT2D eigenvalue weighted by Gasteiger charge is -2.33. The molecule has 0 heterocycles. The van der Waals surface area contributed by atoms with E-state index in [-0.39, 0.29) is 23.8 Å². The minimum atomic E-state index is -4.87. The average molecular weight is 638 g/mol. The molecule has 0 aliphatic heterocycles. The van der Waals surface area contributed by atoms with Crippen molar-refractivity contribution in [3.63, 3.8) is 0 Å². The highest BCUT2D eigenvalue weighted by atomic mass is 35.5. The van der Waals surface area contributed by atoms with Crippen molar-refractivity contribution in [2.75, 3.05) is 23.9 Å². The zero-order valence-corrected chi connectivity index (χ0v) is 25.6. The van der Waals surface area contributed by atoms with Gasteiger partial charge >= 0.3 is 6.18 Å². The van der Waals surface area contributed by atoms with Crippen molar-refractivity contribution in [3.8, 4) is 0 Å². The Labute approximate surface area is 255 Å². The largest absolute Gasteiger partial charge is 0.417 e. The number of benzene rings is 3. The molecule has 1 N–H and O–H groups in total. The van der Waals surface area contributed by atoms with Crippen LogP contribution in [0.25, 0.3) is 0 Å². The predicted molar refractivity (Wildman–Crippen MR) is 161 cm³/mol. The van der Waals surface area contributed by atoms with Crippen molar-refractivity contribution < 1.29 is 31.2 Å². The average Bonchev–Trinajstić information content (AvgIpc) is 2.98. The van der Waals surface area contributed by atoms with Gasteiger partial charge in [0, 0.05) is 13.1 Å². The molecule has 0 radical (unpaired) electrons. The minimum absolute atomic E-state index is 0.0796. The highest BCUT2D eigenvalue weighted by Gasteiger charge is 2.37. The molecule has 3 rings (SSSR count). The summed E-state index contributed by atoms with van der Waals surface area (Å²) in [5, 5.41) is 2.22. The van der Waals surface area contributed by atoms with E-state index in [1.165, 1.54) is 29.2 Å². The smallest absolute Gasteiger partial charge is 0.354 e. The Morgan fingerprint density at radius 3 is 2.16 bits per heavy atom. The van der Waals surface area contributed by atoms with Crippen LogP contribution in [-0.4, -0.2) is 50.8 Å². The monoisotopic (exact) mass is 637 g/mol. The van der Waals surface area contributed by atoms with Crippen molar-refractivity contribution in [2.45, 2.75) is 56.6 Å². The second-order valence-corrected chi connectivity index (χ2v) is 12.1. The molecule has 0 spiro atoms. The Hall–Kier alpha value is -3.57. The lowest BCUT2D eigenvalue weighted by Crippen LogP contribution is -2.53. The van der Waals surface area contributed by atoms with Crippen LogP contribution in [0.1, 0.15) is 44.2 Å². The highest BCUT2D eigenvalue weighted by Crippen LogP contribution is 2.38. The third-order valence-electron chi connectivity index (χ3n) is 6.85. The third-order valence-corrected chi connectivity index (χ3v) is 8.97.